The number of hydrogen-bond acceptors (Lipinski definition) is 4. The lowest BCUT2D eigenvalue weighted by Crippen LogP contribution is -2.47. The number of carbonyl (C=O) groups excluding carboxylic acids is 1. The first-order chi connectivity index (χ1) is 11.2. The second-order valence-electron chi connectivity index (χ2n) is 5.72. The highest BCUT2D eigenvalue weighted by molar-refractivity contribution is 5.93. The molecule has 1 N–H and O–H groups in total. The van der Waals surface area contributed by atoms with Crippen LogP contribution in [0.4, 0.5) is 0 Å². The molecule has 122 valence electrons. The third kappa shape index (κ3) is 3.97. The Labute approximate surface area is 136 Å². The molecule has 0 unspecified atom stereocenters. The Hall–Kier alpha value is -2.18. The predicted octanol–water partition coefficient (Wildman–Crippen LogP) is 1.32. The van der Waals surface area contributed by atoms with E-state index in [4.69, 9.17) is 4.74 Å². The van der Waals surface area contributed by atoms with Crippen LogP contribution >= 0.6 is 0 Å². The van der Waals surface area contributed by atoms with Crippen molar-refractivity contribution in [1.29, 1.82) is 0 Å². The van der Waals surface area contributed by atoms with Gasteiger partial charge in [-0.1, -0.05) is 18.2 Å². The third-order valence-corrected chi connectivity index (χ3v) is 4.09. The summed E-state index contributed by atoms with van der Waals surface area (Å²) < 4.78 is 7.06. The van der Waals surface area contributed by atoms with Gasteiger partial charge in [0.2, 0.25) is 0 Å². The van der Waals surface area contributed by atoms with Gasteiger partial charge in [0.1, 0.15) is 0 Å². The van der Waals surface area contributed by atoms with Crippen LogP contribution in [-0.2, 0) is 4.74 Å². The highest BCUT2D eigenvalue weighted by atomic mass is 16.5. The second-order valence-corrected chi connectivity index (χ2v) is 5.72. The summed E-state index contributed by atoms with van der Waals surface area (Å²) >= 11 is 0. The number of morpholine rings is 1. The van der Waals surface area contributed by atoms with Gasteiger partial charge in [0.25, 0.3) is 5.91 Å². The van der Waals surface area contributed by atoms with Crippen LogP contribution in [0.5, 0.6) is 0 Å². The Morgan fingerprint density at radius 1 is 1.30 bits per heavy atom. The van der Waals surface area contributed by atoms with Crippen LogP contribution in [-0.4, -0.2) is 59.5 Å². The van der Waals surface area contributed by atoms with Crippen molar-refractivity contribution in [2.45, 2.75) is 13.0 Å². The predicted molar refractivity (Wildman–Crippen MR) is 87.8 cm³/mol. The number of benzene rings is 1. The Morgan fingerprint density at radius 2 is 2.04 bits per heavy atom. The summed E-state index contributed by atoms with van der Waals surface area (Å²) in [7, 11) is 0. The lowest BCUT2D eigenvalue weighted by atomic mass is 10.2. The number of nitrogens with one attached hydrogen (secondary N) is 1. The summed E-state index contributed by atoms with van der Waals surface area (Å²) in [4.78, 5) is 14.6. The average molecular weight is 314 g/mol. The van der Waals surface area contributed by atoms with E-state index >= 15 is 0 Å². The third-order valence-electron chi connectivity index (χ3n) is 4.09. The number of carbonyl (C=O) groups is 1. The fourth-order valence-corrected chi connectivity index (χ4v) is 2.65. The van der Waals surface area contributed by atoms with Gasteiger partial charge in [-0.05, 0) is 19.1 Å². The smallest absolute Gasteiger partial charge is 0.254 e. The highest BCUT2D eigenvalue weighted by Crippen LogP contribution is 2.08. The molecule has 1 atom stereocenters. The van der Waals surface area contributed by atoms with E-state index in [0.29, 0.717) is 18.2 Å². The van der Waals surface area contributed by atoms with Crippen LogP contribution in [0.15, 0.2) is 42.7 Å². The van der Waals surface area contributed by atoms with Gasteiger partial charge in [-0.15, -0.1) is 0 Å². The molecule has 1 aromatic heterocycles. The van der Waals surface area contributed by atoms with E-state index in [1.807, 2.05) is 30.3 Å². The molecule has 1 aliphatic rings. The van der Waals surface area contributed by atoms with Crippen LogP contribution in [0, 0.1) is 0 Å². The summed E-state index contributed by atoms with van der Waals surface area (Å²) in [6.45, 7) is 6.12. The Kier molecular flexibility index (Phi) is 5.05. The molecule has 0 radical (unpaired) electrons. The number of rotatable bonds is 5. The minimum Gasteiger partial charge on any atom is -0.379 e. The largest absolute Gasteiger partial charge is 0.379 e. The van der Waals surface area contributed by atoms with E-state index in [1.54, 1.807) is 17.1 Å². The summed E-state index contributed by atoms with van der Waals surface area (Å²) in [6, 6.07) is 10.0. The van der Waals surface area contributed by atoms with Crippen molar-refractivity contribution in [2.24, 2.45) is 0 Å². The van der Waals surface area contributed by atoms with Gasteiger partial charge >= 0.3 is 0 Å². The standard InChI is InChI=1S/C17H22N4O2/c1-14(20-7-9-23-10-8-20)11-18-17(22)15-12-19-21(13-15)16-5-3-2-4-6-16/h2-6,12-14H,7-11H2,1H3,(H,18,22)/t14-/m0/s1. The lowest BCUT2D eigenvalue weighted by molar-refractivity contribution is 0.0204. The molecule has 2 aromatic rings. The monoisotopic (exact) mass is 314 g/mol. The van der Waals surface area contributed by atoms with Gasteiger partial charge in [-0.25, -0.2) is 4.68 Å². The number of nitrogens with zero attached hydrogens (tertiary/aromatic N) is 3. The number of ether oxygens (including phenoxy) is 1. The van der Waals surface area contributed by atoms with E-state index in [-0.39, 0.29) is 5.91 Å². The first kappa shape index (κ1) is 15.7. The maximum absolute atomic E-state index is 12.3. The molecular weight excluding hydrogens is 292 g/mol. The lowest BCUT2D eigenvalue weighted by Gasteiger charge is -2.32. The molecule has 1 aliphatic heterocycles. The molecule has 6 nitrogen and oxygen atoms in total. The molecule has 3 rings (SSSR count). The van der Waals surface area contributed by atoms with Gasteiger partial charge in [0.15, 0.2) is 0 Å². The van der Waals surface area contributed by atoms with E-state index in [0.717, 1.165) is 32.0 Å². The van der Waals surface area contributed by atoms with E-state index < -0.39 is 0 Å². The van der Waals surface area contributed by atoms with Crippen molar-refractivity contribution in [3.05, 3.63) is 48.3 Å². The zero-order valence-corrected chi connectivity index (χ0v) is 13.3. The molecule has 0 spiro atoms. The Balaban J connectivity index is 1.55. The second kappa shape index (κ2) is 7.39. The molecule has 1 amide bonds. The molecule has 23 heavy (non-hydrogen) atoms. The van der Waals surface area contributed by atoms with E-state index in [2.05, 4.69) is 22.2 Å². The van der Waals surface area contributed by atoms with Gasteiger partial charge in [-0.2, -0.15) is 5.10 Å². The number of hydrogen-bond donors (Lipinski definition) is 1. The van der Waals surface area contributed by atoms with Gasteiger partial charge in [0.05, 0.1) is 30.7 Å². The van der Waals surface area contributed by atoms with E-state index in [9.17, 15) is 4.79 Å². The molecule has 0 aliphatic carbocycles. The Bertz CT molecular complexity index is 635. The van der Waals surface area contributed by atoms with Gasteiger partial charge < -0.3 is 10.1 Å². The Morgan fingerprint density at radius 3 is 2.78 bits per heavy atom. The first-order valence-corrected chi connectivity index (χ1v) is 7.94. The van der Waals surface area contributed by atoms with Crippen molar-refractivity contribution in [1.82, 2.24) is 20.0 Å². The van der Waals surface area contributed by atoms with Crippen molar-refractivity contribution in [3.8, 4) is 5.69 Å². The van der Waals surface area contributed by atoms with Crippen LogP contribution in [0.2, 0.25) is 0 Å². The van der Waals surface area contributed by atoms with Crippen LogP contribution in [0.25, 0.3) is 5.69 Å². The minimum atomic E-state index is -0.0905. The van der Waals surface area contributed by atoms with E-state index in [1.165, 1.54) is 0 Å². The molecule has 0 bridgehead atoms. The SMILES string of the molecule is C[C@@H](CNC(=O)c1cnn(-c2ccccc2)c1)N1CCOCC1. The van der Waals surface area contributed by atoms with Crippen molar-refractivity contribution >= 4 is 5.91 Å². The maximum atomic E-state index is 12.3. The molecular formula is C17H22N4O2. The van der Waals surface area contributed by atoms with Crippen molar-refractivity contribution in [2.75, 3.05) is 32.8 Å². The molecule has 1 fully saturated rings. The fourth-order valence-electron chi connectivity index (χ4n) is 2.65. The zero-order valence-electron chi connectivity index (χ0n) is 13.3. The molecule has 0 saturated carbocycles. The molecule has 2 heterocycles. The number of aromatic nitrogens is 2. The molecule has 1 aromatic carbocycles. The van der Waals surface area contributed by atoms with Crippen LogP contribution in [0.3, 0.4) is 0 Å². The normalized spacial score (nSPS) is 16.9. The summed E-state index contributed by atoms with van der Waals surface area (Å²) in [5.41, 5.74) is 1.51. The molecule has 6 heteroatoms. The number of amides is 1. The first-order valence-electron chi connectivity index (χ1n) is 7.94. The highest BCUT2D eigenvalue weighted by Gasteiger charge is 2.18. The van der Waals surface area contributed by atoms with Crippen molar-refractivity contribution < 1.29 is 9.53 Å². The van der Waals surface area contributed by atoms with Gasteiger partial charge in [-0.3, -0.25) is 9.69 Å². The van der Waals surface area contributed by atoms with Crippen LogP contribution in [0.1, 0.15) is 17.3 Å². The number of para-hydroxylation sites is 1. The van der Waals surface area contributed by atoms with Gasteiger partial charge in [0, 0.05) is 31.9 Å². The van der Waals surface area contributed by atoms with Crippen LogP contribution < -0.4 is 5.32 Å². The van der Waals surface area contributed by atoms with Crippen molar-refractivity contribution in [3.63, 3.8) is 0 Å². The molecule has 1 saturated heterocycles. The minimum absolute atomic E-state index is 0.0905. The fraction of sp³-hybridized carbons (Fsp3) is 0.412. The topological polar surface area (TPSA) is 59.4 Å². The zero-order chi connectivity index (χ0) is 16.1. The maximum Gasteiger partial charge on any atom is 0.254 e. The summed E-state index contributed by atoms with van der Waals surface area (Å²) in [5, 5.41) is 7.24. The summed E-state index contributed by atoms with van der Waals surface area (Å²) in [6.07, 6.45) is 3.35. The summed E-state index contributed by atoms with van der Waals surface area (Å²) in [5.74, 6) is -0.0905. The average Bonchev–Trinajstić information content (AvgIpc) is 3.11. The quantitative estimate of drug-likeness (QED) is 0.904.